The van der Waals surface area contributed by atoms with E-state index in [1.54, 1.807) is 28.6 Å². The Bertz CT molecular complexity index is 1110. The zero-order valence-electron chi connectivity index (χ0n) is 22.9. The molecule has 0 spiro atoms. The molecule has 0 fully saturated rings. The van der Waals surface area contributed by atoms with Crippen LogP contribution in [0.15, 0.2) is 0 Å². The summed E-state index contributed by atoms with van der Waals surface area (Å²) in [7, 11) is 2.70. The van der Waals surface area contributed by atoms with Gasteiger partial charge in [0.2, 0.25) is 11.8 Å². The van der Waals surface area contributed by atoms with Crippen LogP contribution >= 0.6 is 0 Å². The number of fused-ring (bicyclic) bond motifs is 1. The molecule has 13 heteroatoms. The summed E-state index contributed by atoms with van der Waals surface area (Å²) >= 11 is 0. The van der Waals surface area contributed by atoms with Gasteiger partial charge in [0.1, 0.15) is 0 Å². The Labute approximate surface area is 220 Å². The number of aryl methyl sites for hydroxylation is 1. The van der Waals surface area contributed by atoms with Crippen molar-refractivity contribution < 1.29 is 22.8 Å². The summed E-state index contributed by atoms with van der Waals surface area (Å²) in [6.45, 7) is 4.68. The number of rotatable bonds is 4. The van der Waals surface area contributed by atoms with Gasteiger partial charge in [-0.05, 0) is 31.6 Å². The monoisotopic (exact) mass is 539 g/mol. The molecular weight excluding hydrogens is 498 g/mol. The Morgan fingerprint density at radius 2 is 1.78 bits per heavy atom. The van der Waals surface area contributed by atoms with Crippen molar-refractivity contribution in [1.29, 1.82) is 0 Å². The Hall–Kier alpha value is -2.51. The Balaban J connectivity index is 1.93. The van der Waals surface area contributed by atoms with E-state index in [4.69, 9.17) is 0 Å². The van der Waals surface area contributed by atoms with Crippen molar-refractivity contribution in [2.45, 2.75) is 52.0 Å². The first-order chi connectivity index (χ1) is 17.3. The van der Waals surface area contributed by atoms with E-state index in [1.165, 1.54) is 18.4 Å². The molecule has 3 amide bonds. The number of hydrogen-bond acceptors (Lipinski definition) is 6. The topological polar surface area (TPSA) is 128 Å². The minimum atomic E-state index is -3.76. The van der Waals surface area contributed by atoms with Crippen LogP contribution in [-0.2, 0) is 39.7 Å². The van der Waals surface area contributed by atoms with Gasteiger partial charge in [-0.25, -0.2) is 0 Å². The molecule has 1 atom stereocenters. The lowest BCUT2D eigenvalue weighted by Gasteiger charge is -2.34. The molecule has 1 aromatic rings. The predicted octanol–water partition coefficient (Wildman–Crippen LogP) is -0.148. The van der Waals surface area contributed by atoms with Crippen LogP contribution in [0, 0.1) is 5.92 Å². The van der Waals surface area contributed by atoms with Gasteiger partial charge in [0, 0.05) is 78.1 Å². The number of carbonyl (C=O) groups excluding carboxylic acids is 3. The molecule has 12 nitrogen and oxygen atoms in total. The molecule has 2 aliphatic rings. The van der Waals surface area contributed by atoms with Gasteiger partial charge in [-0.15, -0.1) is 0 Å². The first-order valence-electron chi connectivity index (χ1n) is 12.9. The van der Waals surface area contributed by atoms with Crippen LogP contribution in [0.25, 0.3) is 0 Å². The lowest BCUT2D eigenvalue weighted by atomic mass is 9.90. The van der Waals surface area contributed by atoms with Gasteiger partial charge in [-0.1, -0.05) is 13.8 Å². The molecule has 0 saturated carbocycles. The second-order valence-electron chi connectivity index (χ2n) is 10.5. The molecule has 3 rings (SSSR count). The van der Waals surface area contributed by atoms with E-state index in [0.717, 1.165) is 22.0 Å². The number of carbonyl (C=O) groups is 3. The molecule has 208 valence electrons. The van der Waals surface area contributed by atoms with E-state index in [2.05, 4.69) is 10.4 Å². The van der Waals surface area contributed by atoms with Crippen molar-refractivity contribution in [3.05, 3.63) is 17.0 Å². The van der Waals surface area contributed by atoms with E-state index in [-0.39, 0.29) is 62.3 Å². The molecule has 1 aromatic heterocycles. The van der Waals surface area contributed by atoms with E-state index < -0.39 is 10.2 Å². The van der Waals surface area contributed by atoms with Crippen molar-refractivity contribution in [2.24, 2.45) is 13.0 Å². The van der Waals surface area contributed by atoms with Crippen molar-refractivity contribution >= 4 is 27.9 Å². The van der Waals surface area contributed by atoms with E-state index in [9.17, 15) is 22.8 Å². The summed E-state index contributed by atoms with van der Waals surface area (Å²) in [5.74, 6) is -0.514. The van der Waals surface area contributed by atoms with Gasteiger partial charge in [0.25, 0.3) is 16.1 Å². The minimum Gasteiger partial charge on any atom is -0.349 e. The van der Waals surface area contributed by atoms with E-state index >= 15 is 0 Å². The van der Waals surface area contributed by atoms with Crippen LogP contribution in [-0.4, -0.2) is 114 Å². The molecule has 0 saturated heterocycles. The van der Waals surface area contributed by atoms with Gasteiger partial charge in [-0.2, -0.15) is 22.1 Å². The van der Waals surface area contributed by atoms with Crippen LogP contribution in [0.4, 0.5) is 0 Å². The van der Waals surface area contributed by atoms with Crippen LogP contribution in [0.2, 0.25) is 0 Å². The summed E-state index contributed by atoms with van der Waals surface area (Å²) in [4.78, 5) is 42.7. The molecule has 0 aromatic carbocycles. The standard InChI is InChI=1S/C24H41N7O5S/c1-17(2)15-30-16-22(33)28(5)18-9-10-20-19(14-18)23(26-29(20)6)24(34)25-11-13-31(12-7-8-21(30)32)37(35,36)27(3)4/h17-18H,7-16H2,1-6H3,(H,25,34). The molecule has 37 heavy (non-hydrogen) atoms. The third-order valence-electron chi connectivity index (χ3n) is 7.08. The second-order valence-corrected chi connectivity index (χ2v) is 12.7. The summed E-state index contributed by atoms with van der Waals surface area (Å²) in [6.07, 6.45) is 2.34. The average Bonchev–Trinajstić information content (AvgIpc) is 3.16. The molecule has 0 radical (unpaired) electrons. The van der Waals surface area contributed by atoms with Crippen LogP contribution < -0.4 is 5.32 Å². The van der Waals surface area contributed by atoms with E-state index in [1.807, 2.05) is 13.8 Å². The van der Waals surface area contributed by atoms with Gasteiger partial charge < -0.3 is 15.1 Å². The van der Waals surface area contributed by atoms with E-state index in [0.29, 0.717) is 31.5 Å². The molecule has 1 unspecified atom stereocenters. The number of aromatic nitrogens is 2. The SMILES string of the molecule is CC(C)CN1CC(=O)N(C)C2CCc3c(c(nn3C)C(=O)NCCN(S(=O)(=O)N(C)C)CCCC1=O)C2. The number of hydrogen-bond donors (Lipinski definition) is 1. The third-order valence-corrected chi connectivity index (χ3v) is 9.02. The molecule has 1 N–H and O–H groups in total. The molecule has 1 aliphatic carbocycles. The van der Waals surface area contributed by atoms with Crippen LogP contribution in [0.5, 0.6) is 0 Å². The number of likely N-dealkylation sites (N-methyl/N-ethyl adjacent to an activating group) is 1. The zero-order chi connectivity index (χ0) is 27.5. The predicted molar refractivity (Wildman–Crippen MR) is 139 cm³/mol. The second kappa shape index (κ2) is 11.9. The summed E-state index contributed by atoms with van der Waals surface area (Å²) < 4.78 is 29.9. The highest BCUT2D eigenvalue weighted by atomic mass is 32.2. The number of nitrogens with one attached hydrogen (secondary N) is 1. The number of amides is 3. The van der Waals surface area contributed by atoms with Crippen molar-refractivity contribution in [2.75, 3.05) is 53.9 Å². The largest absolute Gasteiger partial charge is 0.349 e. The molecule has 2 bridgehead atoms. The normalized spacial score (nSPS) is 21.5. The van der Waals surface area contributed by atoms with Crippen LogP contribution in [0.3, 0.4) is 0 Å². The lowest BCUT2D eigenvalue weighted by Crippen LogP contribution is -2.47. The van der Waals surface area contributed by atoms with Gasteiger partial charge >= 0.3 is 0 Å². The fourth-order valence-corrected chi connectivity index (χ4v) is 6.12. The fourth-order valence-electron chi connectivity index (χ4n) is 4.97. The van der Waals surface area contributed by atoms with Gasteiger partial charge in [0.15, 0.2) is 5.69 Å². The third kappa shape index (κ3) is 6.68. The smallest absolute Gasteiger partial charge is 0.281 e. The fraction of sp³-hybridized carbons (Fsp3) is 0.750. The molecule has 2 heterocycles. The highest BCUT2D eigenvalue weighted by Crippen LogP contribution is 2.27. The first-order valence-corrected chi connectivity index (χ1v) is 14.3. The van der Waals surface area contributed by atoms with Gasteiger partial charge in [-0.3, -0.25) is 19.1 Å². The van der Waals surface area contributed by atoms with Crippen molar-refractivity contribution in [1.82, 2.24) is 33.5 Å². The van der Waals surface area contributed by atoms with Gasteiger partial charge in [0.05, 0.1) is 6.54 Å². The quantitative estimate of drug-likeness (QED) is 0.567. The summed E-state index contributed by atoms with van der Waals surface area (Å²) in [5.41, 5.74) is 2.09. The highest BCUT2D eigenvalue weighted by molar-refractivity contribution is 7.86. The van der Waals surface area contributed by atoms with Crippen LogP contribution in [0.1, 0.15) is 54.9 Å². The Kier molecular flexibility index (Phi) is 9.35. The summed E-state index contributed by atoms with van der Waals surface area (Å²) in [6, 6.07) is -0.108. The Morgan fingerprint density at radius 1 is 1.08 bits per heavy atom. The minimum absolute atomic E-state index is 0.0308. The maximum Gasteiger partial charge on any atom is 0.281 e. The zero-order valence-corrected chi connectivity index (χ0v) is 23.7. The maximum absolute atomic E-state index is 13.3. The first kappa shape index (κ1) is 29.1. The average molecular weight is 540 g/mol. The van der Waals surface area contributed by atoms with Crippen molar-refractivity contribution in [3.63, 3.8) is 0 Å². The molecule has 1 aliphatic heterocycles. The maximum atomic E-state index is 13.3. The summed E-state index contributed by atoms with van der Waals surface area (Å²) in [5, 5.41) is 7.27. The lowest BCUT2D eigenvalue weighted by molar-refractivity contribution is -0.141. The Morgan fingerprint density at radius 3 is 2.43 bits per heavy atom. The highest BCUT2D eigenvalue weighted by Gasteiger charge is 2.33. The number of nitrogens with zero attached hydrogens (tertiary/aromatic N) is 6. The molecular formula is C24H41N7O5S. The van der Waals surface area contributed by atoms with Crippen molar-refractivity contribution in [3.8, 4) is 0 Å².